The molecule has 2 unspecified atom stereocenters. The Balaban J connectivity index is 1.51. The zero-order valence-electron chi connectivity index (χ0n) is 17.8. The van der Waals surface area contributed by atoms with Gasteiger partial charge in [-0.25, -0.2) is 0 Å². The maximum absolute atomic E-state index is 11.8. The van der Waals surface area contributed by atoms with Crippen LogP contribution in [0.5, 0.6) is 0 Å². The van der Waals surface area contributed by atoms with Crippen LogP contribution in [-0.4, -0.2) is 62.4 Å². The van der Waals surface area contributed by atoms with E-state index in [0.717, 1.165) is 11.1 Å². The summed E-state index contributed by atoms with van der Waals surface area (Å²) in [7, 11) is -2.87. The SMILES string of the molecule is O=[PH](OCOC(CO)COCc1ccccc1)OCOC(CO)COCc1ccccc1. The molecule has 0 amide bonds. The summed E-state index contributed by atoms with van der Waals surface area (Å²) in [6, 6.07) is 19.2. The van der Waals surface area contributed by atoms with Crippen molar-refractivity contribution < 1.29 is 42.8 Å². The third-order valence-electron chi connectivity index (χ3n) is 4.20. The first-order valence-corrected chi connectivity index (χ1v) is 11.4. The maximum Gasteiger partial charge on any atom is 0.323 e. The molecule has 0 spiro atoms. The number of ether oxygens (including phenoxy) is 4. The van der Waals surface area contributed by atoms with Crippen LogP contribution in [0.1, 0.15) is 11.1 Å². The van der Waals surface area contributed by atoms with Gasteiger partial charge < -0.3 is 29.2 Å². The van der Waals surface area contributed by atoms with Crippen LogP contribution in [0.25, 0.3) is 0 Å². The van der Waals surface area contributed by atoms with Crippen molar-refractivity contribution in [3.8, 4) is 0 Å². The van der Waals surface area contributed by atoms with Gasteiger partial charge in [0.25, 0.3) is 0 Å². The summed E-state index contributed by atoms with van der Waals surface area (Å²) < 4.78 is 43.3. The van der Waals surface area contributed by atoms with Gasteiger partial charge in [-0.3, -0.25) is 13.6 Å². The molecular weight excluding hydrogens is 439 g/mol. The molecule has 0 saturated carbocycles. The molecule has 0 aromatic heterocycles. The minimum Gasteiger partial charge on any atom is -0.394 e. The fourth-order valence-corrected chi connectivity index (χ4v) is 2.88. The van der Waals surface area contributed by atoms with Crippen LogP contribution in [0.4, 0.5) is 0 Å². The van der Waals surface area contributed by atoms with Crippen LogP contribution in [0.3, 0.4) is 0 Å². The van der Waals surface area contributed by atoms with Crippen LogP contribution in [0.15, 0.2) is 60.7 Å². The van der Waals surface area contributed by atoms with E-state index < -0.39 is 20.5 Å². The highest BCUT2D eigenvalue weighted by Gasteiger charge is 2.12. The molecule has 2 atom stereocenters. The van der Waals surface area contributed by atoms with Crippen molar-refractivity contribution >= 4 is 8.25 Å². The summed E-state index contributed by atoms with van der Waals surface area (Å²) in [6.45, 7) is -0.127. The van der Waals surface area contributed by atoms with Crippen LogP contribution in [0.2, 0.25) is 0 Å². The predicted octanol–water partition coefficient (Wildman–Crippen LogP) is 2.51. The van der Waals surface area contributed by atoms with E-state index in [1.54, 1.807) is 0 Å². The molecule has 0 aliphatic rings. The molecule has 2 aromatic rings. The fraction of sp³-hybridized carbons (Fsp3) is 0.455. The van der Waals surface area contributed by atoms with Gasteiger partial charge in [-0.15, -0.1) is 0 Å². The molecule has 2 N–H and O–H groups in total. The molecule has 10 heteroatoms. The maximum atomic E-state index is 11.8. The van der Waals surface area contributed by atoms with Crippen molar-refractivity contribution in [2.45, 2.75) is 25.4 Å². The topological polar surface area (TPSA) is 113 Å². The van der Waals surface area contributed by atoms with E-state index in [0.29, 0.717) is 13.2 Å². The van der Waals surface area contributed by atoms with Crippen molar-refractivity contribution in [1.29, 1.82) is 0 Å². The minimum atomic E-state index is -2.87. The fourth-order valence-electron chi connectivity index (χ4n) is 2.47. The van der Waals surface area contributed by atoms with Crippen molar-refractivity contribution in [3.63, 3.8) is 0 Å². The highest BCUT2D eigenvalue weighted by atomic mass is 31.1. The second-order valence-corrected chi connectivity index (χ2v) is 7.80. The van der Waals surface area contributed by atoms with Gasteiger partial charge in [-0.2, -0.15) is 0 Å². The Kier molecular flexibility index (Phi) is 14.1. The smallest absolute Gasteiger partial charge is 0.323 e. The zero-order valence-corrected chi connectivity index (χ0v) is 18.8. The molecular formula is C22H31O9P. The number of aliphatic hydroxyl groups is 2. The molecule has 0 bridgehead atoms. The first kappa shape index (κ1) is 26.6. The summed E-state index contributed by atoms with van der Waals surface area (Å²) in [6.07, 6.45) is -1.24. The molecule has 0 aliphatic heterocycles. The lowest BCUT2D eigenvalue weighted by atomic mass is 10.2. The lowest BCUT2D eigenvalue weighted by molar-refractivity contribution is -0.107. The van der Waals surface area contributed by atoms with Crippen LogP contribution < -0.4 is 0 Å². The molecule has 0 radical (unpaired) electrons. The van der Waals surface area contributed by atoms with Gasteiger partial charge in [0, 0.05) is 0 Å². The van der Waals surface area contributed by atoms with Gasteiger partial charge in [-0.05, 0) is 11.1 Å². The van der Waals surface area contributed by atoms with Crippen molar-refractivity contribution in [2.24, 2.45) is 0 Å². The average Bonchev–Trinajstić information content (AvgIpc) is 2.83. The van der Waals surface area contributed by atoms with E-state index >= 15 is 0 Å². The number of hydrogen-bond acceptors (Lipinski definition) is 9. The second-order valence-electron chi connectivity index (χ2n) is 6.72. The summed E-state index contributed by atoms with van der Waals surface area (Å²) in [5.74, 6) is 0. The van der Waals surface area contributed by atoms with E-state index in [2.05, 4.69) is 0 Å². The summed E-state index contributed by atoms with van der Waals surface area (Å²) in [4.78, 5) is 0. The molecule has 2 rings (SSSR count). The lowest BCUT2D eigenvalue weighted by Gasteiger charge is -2.17. The summed E-state index contributed by atoms with van der Waals surface area (Å²) >= 11 is 0. The number of benzene rings is 2. The number of aliphatic hydroxyl groups excluding tert-OH is 2. The van der Waals surface area contributed by atoms with Crippen molar-refractivity contribution in [1.82, 2.24) is 0 Å². The minimum absolute atomic E-state index is 0.154. The van der Waals surface area contributed by atoms with Crippen LogP contribution >= 0.6 is 8.25 Å². The van der Waals surface area contributed by atoms with Gasteiger partial charge in [0.2, 0.25) is 0 Å². The molecule has 178 valence electrons. The highest BCUT2D eigenvalue weighted by Crippen LogP contribution is 2.23. The van der Waals surface area contributed by atoms with Crippen molar-refractivity contribution in [2.75, 3.05) is 40.0 Å². The Hall–Kier alpha value is -1.65. The highest BCUT2D eigenvalue weighted by molar-refractivity contribution is 7.33. The Morgan fingerprint density at radius 1 is 0.688 bits per heavy atom. The van der Waals surface area contributed by atoms with E-state index in [1.807, 2.05) is 60.7 Å². The van der Waals surface area contributed by atoms with Gasteiger partial charge in [0.05, 0.1) is 39.6 Å². The number of rotatable bonds is 18. The molecule has 9 nitrogen and oxygen atoms in total. The second kappa shape index (κ2) is 16.9. The van der Waals surface area contributed by atoms with E-state index in [-0.39, 0.29) is 40.0 Å². The standard InChI is InChI=1S/C22H31O9P/c23-11-21(15-26-13-19-7-3-1-4-8-19)28-17-30-32(25)31-18-29-22(12-24)16-27-14-20-9-5-2-6-10-20/h1-10,21-24,32H,11-18H2. The molecule has 32 heavy (non-hydrogen) atoms. The van der Waals surface area contributed by atoms with Gasteiger partial charge in [-0.1, -0.05) is 60.7 Å². The van der Waals surface area contributed by atoms with Crippen LogP contribution in [0, 0.1) is 0 Å². The molecule has 0 fully saturated rings. The van der Waals surface area contributed by atoms with E-state index in [1.165, 1.54) is 0 Å². The van der Waals surface area contributed by atoms with Crippen molar-refractivity contribution in [3.05, 3.63) is 71.8 Å². The summed E-state index contributed by atoms with van der Waals surface area (Å²) in [5, 5.41) is 18.7. The molecule has 2 aromatic carbocycles. The Morgan fingerprint density at radius 3 is 1.47 bits per heavy atom. The Labute approximate surface area is 188 Å². The predicted molar refractivity (Wildman–Crippen MR) is 117 cm³/mol. The zero-order chi connectivity index (χ0) is 22.9. The average molecular weight is 470 g/mol. The third kappa shape index (κ3) is 11.8. The third-order valence-corrected chi connectivity index (χ3v) is 4.91. The first-order valence-electron chi connectivity index (χ1n) is 10.2. The monoisotopic (exact) mass is 470 g/mol. The Morgan fingerprint density at radius 2 is 1.09 bits per heavy atom. The largest absolute Gasteiger partial charge is 0.394 e. The molecule has 0 saturated heterocycles. The van der Waals surface area contributed by atoms with E-state index in [4.69, 9.17) is 28.0 Å². The lowest BCUT2D eigenvalue weighted by Crippen LogP contribution is -2.25. The molecule has 0 aliphatic carbocycles. The van der Waals surface area contributed by atoms with E-state index in [9.17, 15) is 14.8 Å². The van der Waals surface area contributed by atoms with Crippen LogP contribution in [-0.2, 0) is 45.8 Å². The van der Waals surface area contributed by atoms with Gasteiger partial charge in [0.1, 0.15) is 12.2 Å². The first-order chi connectivity index (χ1) is 15.7. The van der Waals surface area contributed by atoms with Gasteiger partial charge >= 0.3 is 8.25 Å². The molecule has 0 heterocycles. The van der Waals surface area contributed by atoms with Gasteiger partial charge in [0.15, 0.2) is 13.6 Å². The Bertz CT molecular complexity index is 671. The summed E-state index contributed by atoms with van der Waals surface area (Å²) in [5.41, 5.74) is 2.01. The normalized spacial score (nSPS) is 14.2. The quantitative estimate of drug-likeness (QED) is 0.251. The number of hydrogen-bond donors (Lipinski definition) is 2.